The van der Waals surface area contributed by atoms with Gasteiger partial charge < -0.3 is 15.1 Å². The van der Waals surface area contributed by atoms with Gasteiger partial charge in [-0.15, -0.1) is 0 Å². The number of hydrogen-bond donors (Lipinski definition) is 2. The molecular weight excluding hydrogens is 276 g/mol. The Bertz CT molecular complexity index is 549. The van der Waals surface area contributed by atoms with E-state index in [-0.39, 0.29) is 23.4 Å². The third-order valence-corrected chi connectivity index (χ3v) is 3.59. The number of nitrogens with two attached hydrogens (primary N) is 1. The van der Waals surface area contributed by atoms with E-state index in [2.05, 4.69) is 5.43 Å². The largest absolute Gasteiger partial charge is 0.380 e. The Kier molecular flexibility index (Phi) is 4.71. The molecule has 0 spiro atoms. The summed E-state index contributed by atoms with van der Waals surface area (Å²) in [5.41, 5.74) is 2.58. The number of benzene rings is 1. The molecule has 2 rings (SSSR count). The van der Waals surface area contributed by atoms with Crippen molar-refractivity contribution in [3.63, 3.8) is 0 Å². The van der Waals surface area contributed by atoms with E-state index in [1.165, 1.54) is 18.2 Å². The van der Waals surface area contributed by atoms with Crippen LogP contribution in [0.3, 0.4) is 0 Å². The van der Waals surface area contributed by atoms with Crippen LogP contribution >= 0.6 is 0 Å². The minimum Gasteiger partial charge on any atom is -0.380 e. The fraction of sp³-hybridized carbons (Fsp3) is 0.462. The summed E-state index contributed by atoms with van der Waals surface area (Å²) in [5, 5.41) is 10.8. The molecule has 0 radical (unpaired) electrons. The maximum Gasteiger partial charge on any atom is 0.293 e. The van der Waals surface area contributed by atoms with Gasteiger partial charge in [0.05, 0.1) is 11.0 Å². The molecule has 1 aliphatic rings. The summed E-state index contributed by atoms with van der Waals surface area (Å²) in [4.78, 5) is 24.4. The van der Waals surface area contributed by atoms with Gasteiger partial charge >= 0.3 is 0 Å². The number of nitrogen functional groups attached to an aromatic ring is 1. The number of piperidine rings is 1. The average molecular weight is 294 g/mol. The first-order valence-electron chi connectivity index (χ1n) is 6.64. The van der Waals surface area contributed by atoms with Gasteiger partial charge in [0.15, 0.2) is 0 Å². The normalized spacial score (nSPS) is 18.4. The zero-order chi connectivity index (χ0) is 15.4. The van der Waals surface area contributed by atoms with Gasteiger partial charge in [0, 0.05) is 31.8 Å². The van der Waals surface area contributed by atoms with Crippen LogP contribution in [0.25, 0.3) is 0 Å². The number of methoxy groups -OCH3 is 1. The topological polar surface area (TPSA) is 111 Å². The molecule has 1 amide bonds. The number of hydrogen-bond acceptors (Lipinski definition) is 6. The fourth-order valence-corrected chi connectivity index (χ4v) is 2.44. The Morgan fingerprint density at radius 1 is 1.57 bits per heavy atom. The second kappa shape index (κ2) is 6.51. The molecule has 3 N–H and O–H groups in total. The van der Waals surface area contributed by atoms with Crippen LogP contribution in [0.5, 0.6) is 0 Å². The molecule has 21 heavy (non-hydrogen) atoms. The minimum atomic E-state index is -0.550. The summed E-state index contributed by atoms with van der Waals surface area (Å²) >= 11 is 0. The third kappa shape index (κ3) is 3.29. The van der Waals surface area contributed by atoms with Crippen molar-refractivity contribution in [1.82, 2.24) is 4.90 Å². The maximum absolute atomic E-state index is 12.4. The highest BCUT2D eigenvalue weighted by Crippen LogP contribution is 2.25. The first kappa shape index (κ1) is 15.2. The Balaban J connectivity index is 2.21. The Morgan fingerprint density at radius 3 is 2.95 bits per heavy atom. The minimum absolute atomic E-state index is 0.0350. The number of rotatable bonds is 4. The van der Waals surface area contributed by atoms with E-state index < -0.39 is 4.92 Å². The highest BCUT2D eigenvalue weighted by atomic mass is 16.6. The molecule has 1 aromatic carbocycles. The number of nitrogens with zero attached hydrogens (tertiary/aromatic N) is 2. The molecule has 114 valence electrons. The Hall–Kier alpha value is -2.19. The standard InChI is InChI=1S/C13H18N4O4/c1-21-10-3-2-6-16(8-10)13(18)9-4-5-12(17(19)20)11(7-9)15-14/h4-5,7,10,15H,2-3,6,8,14H2,1H3. The molecule has 1 aliphatic heterocycles. The molecule has 1 fully saturated rings. The first-order chi connectivity index (χ1) is 10.1. The second-order valence-electron chi connectivity index (χ2n) is 4.88. The van der Waals surface area contributed by atoms with Crippen LogP contribution in [0.4, 0.5) is 11.4 Å². The van der Waals surface area contributed by atoms with E-state index in [4.69, 9.17) is 10.6 Å². The number of anilines is 1. The summed E-state index contributed by atoms with van der Waals surface area (Å²) < 4.78 is 5.29. The second-order valence-corrected chi connectivity index (χ2v) is 4.88. The van der Waals surface area contributed by atoms with Crippen LogP contribution in [0.2, 0.25) is 0 Å². The van der Waals surface area contributed by atoms with Crippen LogP contribution in [0, 0.1) is 10.1 Å². The number of likely N-dealkylation sites (tertiary alicyclic amines) is 1. The number of hydrazine groups is 1. The number of carbonyl (C=O) groups is 1. The number of nitro benzene ring substituents is 1. The molecule has 8 heteroatoms. The van der Waals surface area contributed by atoms with Crippen LogP contribution in [-0.2, 0) is 4.74 Å². The van der Waals surface area contributed by atoms with E-state index in [0.717, 1.165) is 12.8 Å². The molecule has 1 unspecified atom stereocenters. The summed E-state index contributed by atoms with van der Waals surface area (Å²) in [7, 11) is 1.63. The van der Waals surface area contributed by atoms with Gasteiger partial charge in [-0.1, -0.05) is 0 Å². The van der Waals surface area contributed by atoms with E-state index in [9.17, 15) is 14.9 Å². The zero-order valence-electron chi connectivity index (χ0n) is 11.7. The third-order valence-electron chi connectivity index (χ3n) is 3.59. The molecule has 0 saturated carbocycles. The van der Waals surface area contributed by atoms with Crippen LogP contribution in [0.1, 0.15) is 23.2 Å². The molecule has 0 aromatic heterocycles. The van der Waals surface area contributed by atoms with Gasteiger partial charge in [-0.25, -0.2) is 0 Å². The van der Waals surface area contributed by atoms with Crippen LogP contribution < -0.4 is 11.3 Å². The van der Waals surface area contributed by atoms with Gasteiger partial charge in [0.25, 0.3) is 11.6 Å². The van der Waals surface area contributed by atoms with Crippen LogP contribution in [-0.4, -0.2) is 42.0 Å². The lowest BCUT2D eigenvalue weighted by molar-refractivity contribution is -0.384. The highest BCUT2D eigenvalue weighted by molar-refractivity contribution is 5.96. The van der Waals surface area contributed by atoms with Gasteiger partial charge in [0.2, 0.25) is 0 Å². The average Bonchev–Trinajstić information content (AvgIpc) is 2.53. The summed E-state index contributed by atoms with van der Waals surface area (Å²) in [6, 6.07) is 4.12. The molecule has 0 bridgehead atoms. The predicted octanol–water partition coefficient (Wildman–Crippen LogP) is 1.13. The van der Waals surface area contributed by atoms with Crippen molar-refractivity contribution in [3.05, 3.63) is 33.9 Å². The lowest BCUT2D eigenvalue weighted by atomic mass is 10.1. The Morgan fingerprint density at radius 2 is 2.33 bits per heavy atom. The molecule has 1 saturated heterocycles. The fourth-order valence-electron chi connectivity index (χ4n) is 2.44. The van der Waals surface area contributed by atoms with Crippen molar-refractivity contribution >= 4 is 17.3 Å². The monoisotopic (exact) mass is 294 g/mol. The van der Waals surface area contributed by atoms with E-state index in [0.29, 0.717) is 18.7 Å². The number of carbonyl (C=O) groups excluding carboxylic acids is 1. The van der Waals surface area contributed by atoms with Crippen molar-refractivity contribution < 1.29 is 14.5 Å². The highest BCUT2D eigenvalue weighted by Gasteiger charge is 2.25. The summed E-state index contributed by atoms with van der Waals surface area (Å²) in [6.45, 7) is 1.18. The number of nitro groups is 1. The number of amides is 1. The summed E-state index contributed by atoms with van der Waals surface area (Å²) in [6.07, 6.45) is 1.84. The first-order valence-corrected chi connectivity index (χ1v) is 6.64. The number of ether oxygens (including phenoxy) is 1. The Labute approximate surface area is 122 Å². The van der Waals surface area contributed by atoms with Crippen LogP contribution in [0.15, 0.2) is 18.2 Å². The maximum atomic E-state index is 12.4. The van der Waals surface area contributed by atoms with Crippen molar-refractivity contribution in [3.8, 4) is 0 Å². The van der Waals surface area contributed by atoms with Crippen molar-refractivity contribution in [2.24, 2.45) is 5.84 Å². The SMILES string of the molecule is COC1CCCN(C(=O)c2ccc([N+](=O)[O-])c(NN)c2)C1. The summed E-state index contributed by atoms with van der Waals surface area (Å²) in [5.74, 6) is 5.10. The van der Waals surface area contributed by atoms with Gasteiger partial charge in [-0.05, 0) is 25.0 Å². The van der Waals surface area contributed by atoms with E-state index in [1.807, 2.05) is 0 Å². The van der Waals surface area contributed by atoms with Crippen molar-refractivity contribution in [2.45, 2.75) is 18.9 Å². The number of nitrogens with one attached hydrogen (secondary N) is 1. The molecule has 1 aromatic rings. The molecule has 1 atom stereocenters. The van der Waals surface area contributed by atoms with Crippen molar-refractivity contribution in [1.29, 1.82) is 0 Å². The molecule has 0 aliphatic carbocycles. The molecular formula is C13H18N4O4. The van der Waals surface area contributed by atoms with Gasteiger partial charge in [0.1, 0.15) is 5.69 Å². The molecule has 1 heterocycles. The smallest absolute Gasteiger partial charge is 0.293 e. The molecule has 8 nitrogen and oxygen atoms in total. The van der Waals surface area contributed by atoms with Crippen molar-refractivity contribution in [2.75, 3.05) is 25.6 Å². The van der Waals surface area contributed by atoms with Gasteiger partial charge in [-0.2, -0.15) is 0 Å². The van der Waals surface area contributed by atoms with E-state index in [1.54, 1.807) is 12.0 Å². The quantitative estimate of drug-likeness (QED) is 0.489. The van der Waals surface area contributed by atoms with E-state index >= 15 is 0 Å². The zero-order valence-corrected chi connectivity index (χ0v) is 11.7. The lowest BCUT2D eigenvalue weighted by Gasteiger charge is -2.32. The predicted molar refractivity (Wildman–Crippen MR) is 76.8 cm³/mol. The lowest BCUT2D eigenvalue weighted by Crippen LogP contribution is -2.42. The van der Waals surface area contributed by atoms with Gasteiger partial charge in [-0.3, -0.25) is 20.8 Å².